The Kier molecular flexibility index (Phi) is 7.29. The molecular formula is C20H27N3O3. The molecule has 0 unspecified atom stereocenters. The summed E-state index contributed by atoms with van der Waals surface area (Å²) in [7, 11) is 7.25. The lowest BCUT2D eigenvalue weighted by Crippen LogP contribution is -2.20. The minimum Gasteiger partial charge on any atom is -0.493 e. The van der Waals surface area contributed by atoms with Crippen LogP contribution in [0.5, 0.6) is 11.5 Å². The molecule has 0 heterocycles. The lowest BCUT2D eigenvalue weighted by molar-refractivity contribution is -0.115. The minimum absolute atomic E-state index is 0.0782. The van der Waals surface area contributed by atoms with E-state index in [2.05, 4.69) is 15.5 Å². The number of benzene rings is 2. The Bertz CT molecular complexity index is 715. The van der Waals surface area contributed by atoms with Crippen LogP contribution in [0.2, 0.25) is 0 Å². The fraction of sp³-hybridized carbons (Fsp3) is 0.350. The molecule has 0 aromatic heterocycles. The van der Waals surface area contributed by atoms with E-state index in [1.807, 2.05) is 50.5 Å². The summed E-state index contributed by atoms with van der Waals surface area (Å²) >= 11 is 0. The van der Waals surface area contributed by atoms with Crippen LogP contribution < -0.4 is 20.1 Å². The third-order valence-corrected chi connectivity index (χ3v) is 3.87. The molecule has 0 saturated heterocycles. The summed E-state index contributed by atoms with van der Waals surface area (Å²) < 4.78 is 10.5. The van der Waals surface area contributed by atoms with Crippen molar-refractivity contribution < 1.29 is 14.3 Å². The number of amides is 1. The van der Waals surface area contributed by atoms with Crippen LogP contribution in [-0.4, -0.2) is 52.2 Å². The zero-order chi connectivity index (χ0) is 18.9. The number of methoxy groups -OCH3 is 2. The van der Waals surface area contributed by atoms with Crippen molar-refractivity contribution in [3.05, 3.63) is 48.0 Å². The van der Waals surface area contributed by atoms with Crippen LogP contribution >= 0.6 is 0 Å². The Balaban J connectivity index is 1.89. The minimum atomic E-state index is -0.0782. The summed E-state index contributed by atoms with van der Waals surface area (Å²) in [4.78, 5) is 14.4. The largest absolute Gasteiger partial charge is 0.493 e. The van der Waals surface area contributed by atoms with Gasteiger partial charge in [-0.25, -0.2) is 0 Å². The number of hydrogen-bond donors (Lipinski definition) is 2. The summed E-state index contributed by atoms with van der Waals surface area (Å²) in [6.07, 6.45) is 0.267. The smallest absolute Gasteiger partial charge is 0.228 e. The van der Waals surface area contributed by atoms with E-state index in [0.29, 0.717) is 11.5 Å². The van der Waals surface area contributed by atoms with Crippen molar-refractivity contribution >= 4 is 17.3 Å². The molecule has 0 aliphatic rings. The average molecular weight is 357 g/mol. The fourth-order valence-corrected chi connectivity index (χ4v) is 2.48. The molecule has 0 saturated carbocycles. The molecule has 0 fully saturated rings. The van der Waals surface area contributed by atoms with Crippen molar-refractivity contribution in [2.24, 2.45) is 0 Å². The Morgan fingerprint density at radius 1 is 0.962 bits per heavy atom. The van der Waals surface area contributed by atoms with Gasteiger partial charge in [0.15, 0.2) is 11.5 Å². The molecule has 0 aliphatic heterocycles. The second-order valence-corrected chi connectivity index (χ2v) is 6.22. The molecule has 140 valence electrons. The third-order valence-electron chi connectivity index (χ3n) is 3.87. The summed E-state index contributed by atoms with van der Waals surface area (Å²) in [5.41, 5.74) is 2.67. The first-order valence-corrected chi connectivity index (χ1v) is 8.51. The quantitative estimate of drug-likeness (QED) is 0.723. The van der Waals surface area contributed by atoms with Gasteiger partial charge in [-0.3, -0.25) is 4.79 Å². The maximum atomic E-state index is 12.3. The number of anilines is 2. The molecule has 0 bridgehead atoms. The summed E-state index contributed by atoms with van der Waals surface area (Å²) in [6.45, 7) is 1.84. The van der Waals surface area contributed by atoms with E-state index in [0.717, 1.165) is 30.0 Å². The molecule has 1 amide bonds. The number of ether oxygens (including phenoxy) is 2. The SMILES string of the molecule is COc1ccc(CC(=O)Nc2ccc(NCCN(C)C)cc2)cc1OC. The van der Waals surface area contributed by atoms with Crippen molar-refractivity contribution in [3.8, 4) is 11.5 Å². The van der Waals surface area contributed by atoms with Gasteiger partial charge >= 0.3 is 0 Å². The van der Waals surface area contributed by atoms with E-state index in [4.69, 9.17) is 9.47 Å². The number of nitrogens with one attached hydrogen (secondary N) is 2. The van der Waals surface area contributed by atoms with Gasteiger partial charge in [0.1, 0.15) is 0 Å². The van der Waals surface area contributed by atoms with Gasteiger partial charge < -0.3 is 25.0 Å². The molecule has 0 spiro atoms. The van der Waals surface area contributed by atoms with Gasteiger partial charge in [0, 0.05) is 24.5 Å². The lowest BCUT2D eigenvalue weighted by Gasteiger charge is -2.12. The second-order valence-electron chi connectivity index (χ2n) is 6.22. The van der Waals surface area contributed by atoms with Gasteiger partial charge in [0.2, 0.25) is 5.91 Å². The lowest BCUT2D eigenvalue weighted by atomic mass is 10.1. The third kappa shape index (κ3) is 5.97. The van der Waals surface area contributed by atoms with Gasteiger partial charge in [-0.2, -0.15) is 0 Å². The number of rotatable bonds is 9. The van der Waals surface area contributed by atoms with Crippen LogP contribution in [0.25, 0.3) is 0 Å². The van der Waals surface area contributed by atoms with Crippen molar-refractivity contribution in [2.45, 2.75) is 6.42 Å². The molecule has 0 aliphatic carbocycles. The summed E-state index contributed by atoms with van der Waals surface area (Å²) in [6, 6.07) is 13.2. The number of likely N-dealkylation sites (N-methyl/N-ethyl adjacent to an activating group) is 1. The topological polar surface area (TPSA) is 62.8 Å². The first-order valence-electron chi connectivity index (χ1n) is 8.51. The van der Waals surface area contributed by atoms with Crippen LogP contribution in [0.15, 0.2) is 42.5 Å². The molecule has 2 aromatic carbocycles. The normalized spacial score (nSPS) is 10.5. The van der Waals surface area contributed by atoms with Crippen LogP contribution in [0.4, 0.5) is 11.4 Å². The van der Waals surface area contributed by atoms with E-state index in [1.165, 1.54) is 0 Å². The van der Waals surface area contributed by atoms with Crippen LogP contribution in [-0.2, 0) is 11.2 Å². The Labute approximate surface area is 155 Å². The van der Waals surface area contributed by atoms with Crippen molar-refractivity contribution in [3.63, 3.8) is 0 Å². The number of carbonyl (C=O) groups is 1. The van der Waals surface area contributed by atoms with Crippen molar-refractivity contribution in [1.29, 1.82) is 0 Å². The molecule has 2 rings (SSSR count). The van der Waals surface area contributed by atoms with E-state index in [-0.39, 0.29) is 12.3 Å². The molecule has 26 heavy (non-hydrogen) atoms. The zero-order valence-corrected chi connectivity index (χ0v) is 15.8. The van der Waals surface area contributed by atoms with Crippen LogP contribution in [0, 0.1) is 0 Å². The van der Waals surface area contributed by atoms with E-state index in [9.17, 15) is 4.79 Å². The molecule has 6 heteroatoms. The molecule has 0 radical (unpaired) electrons. The maximum absolute atomic E-state index is 12.3. The number of carbonyl (C=O) groups excluding carboxylic acids is 1. The average Bonchev–Trinajstić information content (AvgIpc) is 2.62. The van der Waals surface area contributed by atoms with E-state index in [1.54, 1.807) is 20.3 Å². The molecular weight excluding hydrogens is 330 g/mol. The highest BCUT2D eigenvalue weighted by molar-refractivity contribution is 5.92. The maximum Gasteiger partial charge on any atom is 0.228 e. The highest BCUT2D eigenvalue weighted by atomic mass is 16.5. The van der Waals surface area contributed by atoms with Gasteiger partial charge in [0.25, 0.3) is 0 Å². The highest BCUT2D eigenvalue weighted by Crippen LogP contribution is 2.27. The summed E-state index contributed by atoms with van der Waals surface area (Å²) in [5.74, 6) is 1.19. The first-order chi connectivity index (χ1) is 12.5. The predicted molar refractivity (Wildman–Crippen MR) is 105 cm³/mol. The van der Waals surface area contributed by atoms with Gasteiger partial charge in [-0.05, 0) is 56.1 Å². The first kappa shape index (κ1) is 19.6. The van der Waals surface area contributed by atoms with Gasteiger partial charge in [0.05, 0.1) is 20.6 Å². The van der Waals surface area contributed by atoms with Crippen molar-refractivity contribution in [2.75, 3.05) is 52.0 Å². The fourth-order valence-electron chi connectivity index (χ4n) is 2.48. The van der Waals surface area contributed by atoms with Crippen molar-refractivity contribution in [1.82, 2.24) is 4.90 Å². The Morgan fingerprint density at radius 3 is 2.23 bits per heavy atom. The van der Waals surface area contributed by atoms with Crippen LogP contribution in [0.1, 0.15) is 5.56 Å². The van der Waals surface area contributed by atoms with E-state index < -0.39 is 0 Å². The number of nitrogens with zero attached hydrogens (tertiary/aromatic N) is 1. The Hall–Kier alpha value is -2.73. The molecule has 6 nitrogen and oxygen atoms in total. The summed E-state index contributed by atoms with van der Waals surface area (Å²) in [5, 5.41) is 6.25. The zero-order valence-electron chi connectivity index (χ0n) is 15.8. The van der Waals surface area contributed by atoms with Gasteiger partial charge in [-0.15, -0.1) is 0 Å². The predicted octanol–water partition coefficient (Wildman–Crippen LogP) is 2.86. The van der Waals surface area contributed by atoms with Gasteiger partial charge in [-0.1, -0.05) is 6.07 Å². The van der Waals surface area contributed by atoms with E-state index >= 15 is 0 Å². The van der Waals surface area contributed by atoms with Crippen LogP contribution in [0.3, 0.4) is 0 Å². The Morgan fingerprint density at radius 2 is 1.62 bits per heavy atom. The highest BCUT2D eigenvalue weighted by Gasteiger charge is 2.09. The molecule has 2 N–H and O–H groups in total. The molecule has 0 atom stereocenters. The molecule has 2 aromatic rings. The number of hydrogen-bond acceptors (Lipinski definition) is 5. The monoisotopic (exact) mass is 357 g/mol. The second kappa shape index (κ2) is 9.68. The standard InChI is InChI=1S/C20H27N3O3/c1-23(2)12-11-21-16-6-8-17(9-7-16)22-20(24)14-15-5-10-18(25-3)19(13-15)26-4/h5-10,13,21H,11-12,14H2,1-4H3,(H,22,24).